The molecule has 5 heteroatoms. The lowest BCUT2D eigenvalue weighted by Gasteiger charge is -2.33. The Morgan fingerprint density at radius 2 is 1.87 bits per heavy atom. The Labute approximate surface area is 179 Å². The van der Waals surface area contributed by atoms with Gasteiger partial charge in [-0.2, -0.15) is 0 Å². The molecule has 5 rings (SSSR count). The molecule has 2 N–H and O–H groups in total. The number of fused-ring (bicyclic) bond motifs is 2. The Morgan fingerprint density at radius 3 is 2.67 bits per heavy atom. The number of aromatic amines is 1. The van der Waals surface area contributed by atoms with Crippen LogP contribution in [-0.2, 0) is 6.54 Å². The summed E-state index contributed by atoms with van der Waals surface area (Å²) in [6, 6.07) is 21.6. The van der Waals surface area contributed by atoms with Gasteiger partial charge in [-0.05, 0) is 53.6 Å². The number of hydrogen-bond acceptors (Lipinski definition) is 3. The SMILES string of the molecule is CN1Cc2ccc(-c3c(O)c4ccc(Cl)cc4[nH]c3=O)cc2[C@H](c2ccccc2)C1. The van der Waals surface area contributed by atoms with Crippen molar-refractivity contribution in [1.29, 1.82) is 0 Å². The molecule has 30 heavy (non-hydrogen) atoms. The summed E-state index contributed by atoms with van der Waals surface area (Å²) in [7, 11) is 2.12. The molecule has 0 unspecified atom stereocenters. The van der Waals surface area contributed by atoms with Crippen molar-refractivity contribution in [1.82, 2.24) is 9.88 Å². The average Bonchev–Trinajstić information content (AvgIpc) is 2.73. The van der Waals surface area contributed by atoms with Crippen LogP contribution in [0, 0.1) is 0 Å². The first-order chi connectivity index (χ1) is 14.5. The molecule has 3 aromatic carbocycles. The highest BCUT2D eigenvalue weighted by molar-refractivity contribution is 6.31. The molecule has 1 aliphatic rings. The Balaban J connectivity index is 1.69. The average molecular weight is 417 g/mol. The second-order valence-electron chi connectivity index (χ2n) is 7.94. The van der Waals surface area contributed by atoms with Crippen molar-refractivity contribution in [2.24, 2.45) is 0 Å². The van der Waals surface area contributed by atoms with E-state index in [1.165, 1.54) is 16.7 Å². The predicted molar refractivity (Wildman–Crippen MR) is 121 cm³/mol. The Morgan fingerprint density at radius 1 is 1.07 bits per heavy atom. The second-order valence-corrected chi connectivity index (χ2v) is 8.38. The van der Waals surface area contributed by atoms with Gasteiger partial charge in [0.05, 0.1) is 11.1 Å². The van der Waals surface area contributed by atoms with Crippen LogP contribution in [0.3, 0.4) is 0 Å². The third kappa shape index (κ3) is 3.18. The summed E-state index contributed by atoms with van der Waals surface area (Å²) in [5, 5.41) is 12.0. The number of aromatic nitrogens is 1. The lowest BCUT2D eigenvalue weighted by Crippen LogP contribution is -2.31. The second kappa shape index (κ2) is 7.31. The molecular weight excluding hydrogens is 396 g/mol. The quantitative estimate of drug-likeness (QED) is 0.476. The summed E-state index contributed by atoms with van der Waals surface area (Å²) < 4.78 is 0. The number of rotatable bonds is 2. The fourth-order valence-electron chi connectivity index (χ4n) is 4.48. The van der Waals surface area contributed by atoms with E-state index in [9.17, 15) is 9.90 Å². The minimum Gasteiger partial charge on any atom is -0.506 e. The van der Waals surface area contributed by atoms with Gasteiger partial charge in [-0.1, -0.05) is 54.1 Å². The van der Waals surface area contributed by atoms with E-state index in [-0.39, 0.29) is 17.2 Å². The third-order valence-electron chi connectivity index (χ3n) is 5.90. The highest BCUT2D eigenvalue weighted by Gasteiger charge is 2.26. The molecule has 1 aromatic heterocycles. The maximum atomic E-state index is 12.9. The summed E-state index contributed by atoms with van der Waals surface area (Å²) >= 11 is 6.04. The topological polar surface area (TPSA) is 56.3 Å². The maximum absolute atomic E-state index is 12.9. The highest BCUT2D eigenvalue weighted by Crippen LogP contribution is 2.38. The molecule has 2 heterocycles. The van der Waals surface area contributed by atoms with Crippen LogP contribution >= 0.6 is 11.6 Å². The number of halogens is 1. The Kier molecular flexibility index (Phi) is 4.61. The zero-order valence-electron chi connectivity index (χ0n) is 16.5. The fraction of sp³-hybridized carbons (Fsp3) is 0.160. The molecule has 0 saturated heterocycles. The molecule has 0 radical (unpaired) electrons. The third-order valence-corrected chi connectivity index (χ3v) is 6.13. The number of likely N-dealkylation sites (N-methyl/N-ethyl adjacent to an activating group) is 1. The summed E-state index contributed by atoms with van der Waals surface area (Å²) in [5.74, 6) is 0.190. The van der Waals surface area contributed by atoms with Gasteiger partial charge in [0.2, 0.25) is 0 Å². The van der Waals surface area contributed by atoms with Crippen LogP contribution in [0.5, 0.6) is 5.75 Å². The maximum Gasteiger partial charge on any atom is 0.260 e. The number of nitrogens with zero attached hydrogens (tertiary/aromatic N) is 1. The van der Waals surface area contributed by atoms with E-state index in [0.717, 1.165) is 18.7 Å². The summed E-state index contributed by atoms with van der Waals surface area (Å²) in [5.41, 5.74) is 4.89. The van der Waals surface area contributed by atoms with Gasteiger partial charge in [-0.15, -0.1) is 0 Å². The van der Waals surface area contributed by atoms with Gasteiger partial charge in [0.15, 0.2) is 0 Å². The van der Waals surface area contributed by atoms with Crippen LogP contribution in [-0.4, -0.2) is 28.6 Å². The van der Waals surface area contributed by atoms with Crippen LogP contribution in [0.2, 0.25) is 5.02 Å². The van der Waals surface area contributed by atoms with Gasteiger partial charge in [-0.3, -0.25) is 4.79 Å². The predicted octanol–water partition coefficient (Wildman–Crippen LogP) is 5.13. The van der Waals surface area contributed by atoms with Crippen molar-refractivity contribution in [2.75, 3.05) is 13.6 Å². The van der Waals surface area contributed by atoms with Crippen molar-refractivity contribution >= 4 is 22.5 Å². The normalized spacial score (nSPS) is 16.5. The molecule has 0 spiro atoms. The van der Waals surface area contributed by atoms with Gasteiger partial charge in [0.1, 0.15) is 5.75 Å². The molecule has 4 nitrogen and oxygen atoms in total. The van der Waals surface area contributed by atoms with Gasteiger partial charge in [0.25, 0.3) is 5.56 Å². The molecule has 0 fully saturated rings. The monoisotopic (exact) mass is 416 g/mol. The van der Waals surface area contributed by atoms with Crippen molar-refractivity contribution in [3.63, 3.8) is 0 Å². The molecule has 0 amide bonds. The molecule has 0 bridgehead atoms. The number of benzene rings is 3. The minimum atomic E-state index is -0.327. The number of hydrogen-bond donors (Lipinski definition) is 2. The van der Waals surface area contributed by atoms with Gasteiger partial charge < -0.3 is 15.0 Å². The molecule has 1 atom stereocenters. The lowest BCUT2D eigenvalue weighted by atomic mass is 9.83. The van der Waals surface area contributed by atoms with Crippen LogP contribution in [0.1, 0.15) is 22.6 Å². The fourth-order valence-corrected chi connectivity index (χ4v) is 4.65. The van der Waals surface area contributed by atoms with Crippen LogP contribution < -0.4 is 5.56 Å². The molecule has 150 valence electrons. The van der Waals surface area contributed by atoms with E-state index in [2.05, 4.69) is 53.3 Å². The summed E-state index contributed by atoms with van der Waals surface area (Å²) in [4.78, 5) is 18.0. The largest absolute Gasteiger partial charge is 0.506 e. The first-order valence-electron chi connectivity index (χ1n) is 9.92. The molecule has 1 aliphatic heterocycles. The number of H-pyrrole nitrogens is 1. The zero-order valence-corrected chi connectivity index (χ0v) is 17.3. The van der Waals surface area contributed by atoms with E-state index >= 15 is 0 Å². The molecule has 0 aliphatic carbocycles. The van der Waals surface area contributed by atoms with Gasteiger partial charge in [-0.25, -0.2) is 0 Å². The van der Waals surface area contributed by atoms with Gasteiger partial charge >= 0.3 is 0 Å². The summed E-state index contributed by atoms with van der Waals surface area (Å²) in [6.07, 6.45) is 0. The van der Waals surface area contributed by atoms with E-state index in [0.29, 0.717) is 21.5 Å². The first-order valence-corrected chi connectivity index (χ1v) is 10.3. The van der Waals surface area contributed by atoms with Crippen molar-refractivity contribution in [3.05, 3.63) is 98.8 Å². The standard InChI is InChI=1S/C25H21ClN2O2/c1-28-13-17-8-7-16(11-20(17)21(14-28)15-5-3-2-4-6-15)23-24(29)19-10-9-18(26)12-22(19)27-25(23)30/h2-12,21H,13-14H2,1H3,(H2,27,29,30)/t21-/m0/s1. The smallest absolute Gasteiger partial charge is 0.260 e. The number of aromatic hydroxyl groups is 1. The van der Waals surface area contributed by atoms with Gasteiger partial charge in [0, 0.05) is 29.4 Å². The molecule has 4 aromatic rings. The zero-order chi connectivity index (χ0) is 20.8. The highest BCUT2D eigenvalue weighted by atomic mass is 35.5. The van der Waals surface area contributed by atoms with Crippen molar-refractivity contribution in [3.8, 4) is 16.9 Å². The number of nitrogens with one attached hydrogen (secondary N) is 1. The van der Waals surface area contributed by atoms with Crippen LogP contribution in [0.15, 0.2) is 71.5 Å². The Hall–Kier alpha value is -3.08. The lowest BCUT2D eigenvalue weighted by molar-refractivity contribution is 0.295. The molecule has 0 saturated carbocycles. The summed E-state index contributed by atoms with van der Waals surface area (Å²) in [6.45, 7) is 1.76. The minimum absolute atomic E-state index is 0.0189. The first kappa shape index (κ1) is 18.9. The van der Waals surface area contributed by atoms with E-state index < -0.39 is 0 Å². The Bertz CT molecular complexity index is 1310. The molecular formula is C25H21ClN2O2. The van der Waals surface area contributed by atoms with Crippen molar-refractivity contribution < 1.29 is 5.11 Å². The van der Waals surface area contributed by atoms with E-state index in [1.807, 2.05) is 12.1 Å². The van der Waals surface area contributed by atoms with E-state index in [1.54, 1.807) is 18.2 Å². The van der Waals surface area contributed by atoms with E-state index in [4.69, 9.17) is 11.6 Å². The number of pyridine rings is 1. The van der Waals surface area contributed by atoms with Crippen LogP contribution in [0.25, 0.3) is 22.0 Å². The van der Waals surface area contributed by atoms with Crippen LogP contribution in [0.4, 0.5) is 0 Å². The van der Waals surface area contributed by atoms with Crippen molar-refractivity contribution in [2.45, 2.75) is 12.5 Å².